The van der Waals surface area contributed by atoms with Crippen LogP contribution in [0.4, 0.5) is 0 Å². The fourth-order valence-electron chi connectivity index (χ4n) is 8.61. The summed E-state index contributed by atoms with van der Waals surface area (Å²) in [5.41, 5.74) is -2.28. The van der Waals surface area contributed by atoms with Crippen molar-refractivity contribution in [3.05, 3.63) is 12.2 Å². The summed E-state index contributed by atoms with van der Waals surface area (Å²) in [5.74, 6) is -3.87. The van der Waals surface area contributed by atoms with E-state index in [1.54, 1.807) is 0 Å². The first-order valence-corrected chi connectivity index (χ1v) is 13.1. The lowest BCUT2D eigenvalue weighted by molar-refractivity contribution is -0.273. The number of ether oxygens (including phenoxy) is 4. The first kappa shape index (κ1) is 27.3. The van der Waals surface area contributed by atoms with Crippen molar-refractivity contribution in [1.29, 1.82) is 0 Å². The Morgan fingerprint density at radius 1 is 0.892 bits per heavy atom. The third-order valence-electron chi connectivity index (χ3n) is 9.51. The topological polar surface area (TPSA) is 122 Å². The Labute approximate surface area is 217 Å². The normalized spacial score (nSPS) is 39.6. The molecule has 204 valence electrons. The maximum absolute atomic E-state index is 14.3. The van der Waals surface area contributed by atoms with Gasteiger partial charge in [-0.2, -0.15) is 0 Å². The van der Waals surface area contributed by atoms with Crippen molar-refractivity contribution in [2.24, 2.45) is 34.0 Å². The van der Waals surface area contributed by atoms with Gasteiger partial charge in [-0.25, -0.2) is 0 Å². The molecule has 9 nitrogen and oxygen atoms in total. The SMILES string of the molecule is C=C1C(=O)[C@@]23[C@H](OC(C)=O)[C@H]1C[C@H](OC(C)=O)[C@H]2[C@]1(COC(C)=O)CCCC(C)(C)[C@H]1C[C@H]3OC(C)=O. The molecule has 0 radical (unpaired) electrons. The maximum atomic E-state index is 14.3. The molecular weight excluding hydrogens is 480 g/mol. The quantitative estimate of drug-likeness (QED) is 0.306. The molecule has 0 aromatic heterocycles. The van der Waals surface area contributed by atoms with Crippen molar-refractivity contribution < 1.29 is 42.9 Å². The van der Waals surface area contributed by atoms with Gasteiger partial charge in [-0.15, -0.1) is 0 Å². The second-order valence-electron chi connectivity index (χ2n) is 12.0. The number of Topliss-reactive ketones (excluding diaryl/α,β-unsaturated/α-hetero) is 1. The van der Waals surface area contributed by atoms with Crippen LogP contribution in [-0.2, 0) is 42.9 Å². The summed E-state index contributed by atoms with van der Waals surface area (Å²) in [6, 6.07) is 0. The summed E-state index contributed by atoms with van der Waals surface area (Å²) in [7, 11) is 0. The highest BCUT2D eigenvalue weighted by molar-refractivity contribution is 6.05. The lowest BCUT2D eigenvalue weighted by Gasteiger charge is -2.67. The van der Waals surface area contributed by atoms with Gasteiger partial charge in [0.2, 0.25) is 0 Å². The molecule has 4 aliphatic carbocycles. The molecule has 0 N–H and O–H groups in total. The van der Waals surface area contributed by atoms with Gasteiger partial charge in [0, 0.05) is 44.9 Å². The minimum Gasteiger partial charge on any atom is -0.465 e. The summed E-state index contributed by atoms with van der Waals surface area (Å²) >= 11 is 0. The number of ketones is 1. The molecule has 4 aliphatic rings. The maximum Gasteiger partial charge on any atom is 0.302 e. The molecule has 4 rings (SSSR count). The molecule has 0 aliphatic heterocycles. The molecular formula is C28H38O9. The first-order valence-electron chi connectivity index (χ1n) is 13.1. The van der Waals surface area contributed by atoms with Crippen molar-refractivity contribution >= 4 is 29.7 Å². The van der Waals surface area contributed by atoms with E-state index >= 15 is 0 Å². The predicted molar refractivity (Wildman–Crippen MR) is 130 cm³/mol. The highest BCUT2D eigenvalue weighted by atomic mass is 16.6. The van der Waals surface area contributed by atoms with Gasteiger partial charge < -0.3 is 18.9 Å². The van der Waals surface area contributed by atoms with Crippen LogP contribution in [0.1, 0.15) is 73.6 Å². The van der Waals surface area contributed by atoms with Crippen molar-refractivity contribution in [2.45, 2.75) is 92.0 Å². The van der Waals surface area contributed by atoms with Crippen molar-refractivity contribution in [3.63, 3.8) is 0 Å². The Bertz CT molecular complexity index is 1040. The van der Waals surface area contributed by atoms with Crippen LogP contribution in [0.5, 0.6) is 0 Å². The minimum absolute atomic E-state index is 0.0185. The predicted octanol–water partition coefficient (Wildman–Crippen LogP) is 3.32. The van der Waals surface area contributed by atoms with Crippen LogP contribution in [0.3, 0.4) is 0 Å². The van der Waals surface area contributed by atoms with Crippen LogP contribution in [0.25, 0.3) is 0 Å². The van der Waals surface area contributed by atoms with E-state index in [-0.39, 0.29) is 35.7 Å². The molecule has 4 fully saturated rings. The van der Waals surface area contributed by atoms with Gasteiger partial charge in [-0.1, -0.05) is 26.8 Å². The van der Waals surface area contributed by atoms with E-state index < -0.39 is 64.9 Å². The zero-order chi connectivity index (χ0) is 27.5. The highest BCUT2D eigenvalue weighted by Crippen LogP contribution is 2.72. The molecule has 1 spiro atoms. The molecule has 9 heteroatoms. The standard InChI is InChI=1S/C28H38O9/c1-14-19-11-20(35-16(3)30)23-27(13-34-15(2)29)10-8-9-26(6,7)21(27)12-22(36-17(4)31)28(23,24(14)33)25(19)37-18(5)32/h19-23,25H,1,8-13H2,2-7H3/t19-,20-,21+,22+,23-,25+,27-,28-/m0/s1. The summed E-state index contributed by atoms with van der Waals surface area (Å²) < 4.78 is 23.5. The van der Waals surface area contributed by atoms with Gasteiger partial charge in [0.15, 0.2) is 5.78 Å². The third kappa shape index (κ3) is 4.09. The molecule has 4 saturated carbocycles. The summed E-state index contributed by atoms with van der Waals surface area (Å²) in [6.07, 6.45) is 0.244. The van der Waals surface area contributed by atoms with E-state index in [4.69, 9.17) is 18.9 Å². The summed E-state index contributed by atoms with van der Waals surface area (Å²) in [5, 5.41) is 0. The smallest absolute Gasteiger partial charge is 0.302 e. The molecule has 37 heavy (non-hydrogen) atoms. The van der Waals surface area contributed by atoms with E-state index in [1.165, 1.54) is 27.7 Å². The van der Waals surface area contributed by atoms with E-state index in [0.29, 0.717) is 12.8 Å². The monoisotopic (exact) mass is 518 g/mol. The van der Waals surface area contributed by atoms with E-state index in [9.17, 15) is 24.0 Å². The average Bonchev–Trinajstić information content (AvgIpc) is 2.88. The largest absolute Gasteiger partial charge is 0.465 e. The second-order valence-corrected chi connectivity index (χ2v) is 12.0. The number of hydrogen-bond acceptors (Lipinski definition) is 9. The summed E-state index contributed by atoms with van der Waals surface area (Å²) in [4.78, 5) is 63.6. The molecule has 2 bridgehead atoms. The average molecular weight is 519 g/mol. The van der Waals surface area contributed by atoms with Crippen molar-refractivity contribution in [3.8, 4) is 0 Å². The Balaban J connectivity index is 2.04. The first-order chi connectivity index (χ1) is 17.2. The van der Waals surface area contributed by atoms with E-state index in [0.717, 1.165) is 12.8 Å². The zero-order valence-corrected chi connectivity index (χ0v) is 22.6. The number of carbonyl (C=O) groups is 5. The van der Waals surface area contributed by atoms with Gasteiger partial charge in [0.1, 0.15) is 23.7 Å². The van der Waals surface area contributed by atoms with Crippen LogP contribution in [0, 0.1) is 34.0 Å². The fourth-order valence-corrected chi connectivity index (χ4v) is 8.61. The van der Waals surface area contributed by atoms with Crippen molar-refractivity contribution in [1.82, 2.24) is 0 Å². The highest BCUT2D eigenvalue weighted by Gasteiger charge is 2.80. The second kappa shape index (κ2) is 9.24. The fraction of sp³-hybridized carbons (Fsp3) is 0.750. The molecule has 0 aromatic carbocycles. The van der Waals surface area contributed by atoms with Crippen LogP contribution < -0.4 is 0 Å². The van der Waals surface area contributed by atoms with E-state index in [2.05, 4.69) is 20.4 Å². The molecule has 0 heterocycles. The number of carbonyl (C=O) groups excluding carboxylic acids is 5. The molecule has 0 saturated heterocycles. The van der Waals surface area contributed by atoms with Gasteiger partial charge in [-0.3, -0.25) is 24.0 Å². The number of rotatable bonds is 5. The number of hydrogen-bond donors (Lipinski definition) is 0. The zero-order valence-electron chi connectivity index (χ0n) is 22.6. The lowest BCUT2D eigenvalue weighted by atomic mass is 9.38. The summed E-state index contributed by atoms with van der Waals surface area (Å²) in [6.45, 7) is 13.6. The Kier molecular flexibility index (Phi) is 6.82. The third-order valence-corrected chi connectivity index (χ3v) is 9.51. The Hall–Kier alpha value is -2.71. The van der Waals surface area contributed by atoms with Gasteiger partial charge in [-0.05, 0) is 42.6 Å². The van der Waals surface area contributed by atoms with Crippen LogP contribution in [-0.4, -0.2) is 54.6 Å². The minimum atomic E-state index is -1.51. The Morgan fingerprint density at radius 2 is 1.51 bits per heavy atom. The van der Waals surface area contributed by atoms with Crippen molar-refractivity contribution in [2.75, 3.05) is 6.61 Å². The van der Waals surface area contributed by atoms with Gasteiger partial charge in [0.05, 0.1) is 6.61 Å². The molecule has 0 unspecified atom stereocenters. The number of esters is 4. The van der Waals surface area contributed by atoms with Crippen LogP contribution in [0.15, 0.2) is 12.2 Å². The molecule has 0 aromatic rings. The Morgan fingerprint density at radius 3 is 2.08 bits per heavy atom. The lowest BCUT2D eigenvalue weighted by Crippen LogP contribution is -2.73. The van der Waals surface area contributed by atoms with Crippen LogP contribution in [0.2, 0.25) is 0 Å². The van der Waals surface area contributed by atoms with E-state index in [1.807, 2.05) is 0 Å². The van der Waals surface area contributed by atoms with Gasteiger partial charge >= 0.3 is 23.9 Å². The number of fused-ring (bicyclic) bond motifs is 3. The molecule has 8 atom stereocenters. The van der Waals surface area contributed by atoms with Crippen LogP contribution >= 0.6 is 0 Å². The molecule has 0 amide bonds. The van der Waals surface area contributed by atoms with Gasteiger partial charge in [0.25, 0.3) is 0 Å².